The molecule has 2 heterocycles. The number of nitrogens with zero attached hydrogens (tertiary/aromatic N) is 2. The molecule has 3 rings (SSSR count). The minimum atomic E-state index is -3.77. The van der Waals surface area contributed by atoms with E-state index < -0.39 is 10.0 Å². The van der Waals surface area contributed by atoms with E-state index >= 15 is 0 Å². The molecule has 10 heteroatoms. The third-order valence-corrected chi connectivity index (χ3v) is 7.09. The number of sulfonamides is 1. The van der Waals surface area contributed by atoms with Crippen LogP contribution in [-0.4, -0.2) is 55.5 Å². The number of nitrogens with one attached hydrogen (secondary N) is 2. The smallest absolute Gasteiger partial charge is 0.240 e. The van der Waals surface area contributed by atoms with Crippen LogP contribution in [0.5, 0.6) is 0 Å². The lowest BCUT2D eigenvalue weighted by Gasteiger charge is -2.31. The predicted octanol–water partition coefficient (Wildman–Crippen LogP) is 1.51. The van der Waals surface area contributed by atoms with Crippen molar-refractivity contribution in [3.05, 3.63) is 59.9 Å². The van der Waals surface area contributed by atoms with Crippen LogP contribution in [0.4, 0.5) is 0 Å². The number of benzene rings is 1. The maximum atomic E-state index is 12.5. The van der Waals surface area contributed by atoms with E-state index in [4.69, 9.17) is 0 Å². The monoisotopic (exact) mass is 472 g/mol. The van der Waals surface area contributed by atoms with E-state index in [9.17, 15) is 22.8 Å². The van der Waals surface area contributed by atoms with E-state index in [0.29, 0.717) is 38.0 Å². The summed E-state index contributed by atoms with van der Waals surface area (Å²) in [6.07, 6.45) is 4.55. The molecule has 0 aliphatic carbocycles. The molecule has 0 atom stereocenters. The molecule has 33 heavy (non-hydrogen) atoms. The number of carbonyl (C=O) groups excluding carboxylic acids is 3. The summed E-state index contributed by atoms with van der Waals surface area (Å²) in [7, 11) is -3.77. The zero-order chi connectivity index (χ0) is 23.8. The number of piperidine rings is 1. The van der Waals surface area contributed by atoms with Gasteiger partial charge in [0.25, 0.3) is 0 Å². The maximum Gasteiger partial charge on any atom is 0.240 e. The van der Waals surface area contributed by atoms with E-state index in [2.05, 4.69) is 15.0 Å². The lowest BCUT2D eigenvalue weighted by Crippen LogP contribution is -2.43. The molecule has 1 aromatic carbocycles. The molecule has 1 fully saturated rings. The first-order valence-electron chi connectivity index (χ1n) is 10.8. The molecule has 9 nitrogen and oxygen atoms in total. The molecule has 2 N–H and O–H groups in total. The first kappa shape index (κ1) is 24.5. The second-order valence-corrected chi connectivity index (χ2v) is 9.73. The Labute approximate surface area is 193 Å². The second kappa shape index (κ2) is 11.2. The Kier molecular flexibility index (Phi) is 8.29. The summed E-state index contributed by atoms with van der Waals surface area (Å²) in [5, 5.41) is 2.91. The number of hydrogen-bond donors (Lipinski definition) is 2. The normalized spacial score (nSPS) is 14.6. The van der Waals surface area contributed by atoms with Crippen molar-refractivity contribution in [3.8, 4) is 0 Å². The van der Waals surface area contributed by atoms with Crippen molar-refractivity contribution in [2.45, 2.75) is 37.6 Å². The standard InChI is InChI=1S/C23H28N4O5S/c1-17(28)19-4-6-21(7-5-19)33(31,32)26-12-8-22(29)27-13-9-20(10-14-27)23(30)25-16-18-3-2-11-24-15-18/h2-7,11,15,20,26H,8-10,12-14,16H2,1H3,(H,25,30). The number of hydrogen-bond acceptors (Lipinski definition) is 6. The summed E-state index contributed by atoms with van der Waals surface area (Å²) in [6.45, 7) is 2.72. The molecule has 1 aliphatic heterocycles. The van der Waals surface area contributed by atoms with Crippen molar-refractivity contribution in [1.82, 2.24) is 19.9 Å². The third kappa shape index (κ3) is 6.93. The molecule has 0 unspecified atom stereocenters. The van der Waals surface area contributed by atoms with Crippen LogP contribution < -0.4 is 10.0 Å². The van der Waals surface area contributed by atoms with Gasteiger partial charge in [0.15, 0.2) is 5.78 Å². The molecule has 0 radical (unpaired) electrons. The number of rotatable bonds is 9. The first-order chi connectivity index (χ1) is 15.8. The van der Waals surface area contributed by atoms with Crippen molar-refractivity contribution in [3.63, 3.8) is 0 Å². The van der Waals surface area contributed by atoms with Gasteiger partial charge in [-0.1, -0.05) is 18.2 Å². The summed E-state index contributed by atoms with van der Waals surface area (Å²) in [6, 6.07) is 9.36. The van der Waals surface area contributed by atoms with Crippen molar-refractivity contribution < 1.29 is 22.8 Å². The quantitative estimate of drug-likeness (QED) is 0.533. The van der Waals surface area contributed by atoms with Gasteiger partial charge in [-0.3, -0.25) is 19.4 Å². The van der Waals surface area contributed by atoms with Gasteiger partial charge < -0.3 is 10.2 Å². The number of Topliss-reactive ketones (excluding diaryl/α,β-unsaturated/α-hetero) is 1. The predicted molar refractivity (Wildman–Crippen MR) is 122 cm³/mol. The summed E-state index contributed by atoms with van der Waals surface area (Å²) in [5.41, 5.74) is 1.36. The Bertz CT molecular complexity index is 1080. The number of amides is 2. The Hall–Kier alpha value is -3.11. The number of carbonyl (C=O) groups is 3. The Morgan fingerprint density at radius 1 is 1.09 bits per heavy atom. The van der Waals surface area contributed by atoms with Gasteiger partial charge in [0.2, 0.25) is 21.8 Å². The molecular formula is C23H28N4O5S. The fourth-order valence-corrected chi connectivity index (χ4v) is 4.66. The van der Waals surface area contributed by atoms with Gasteiger partial charge in [-0.15, -0.1) is 0 Å². The summed E-state index contributed by atoms with van der Waals surface area (Å²) in [5.74, 6) is -0.484. The van der Waals surface area contributed by atoms with Crippen molar-refractivity contribution in [1.29, 1.82) is 0 Å². The molecule has 0 bridgehead atoms. The van der Waals surface area contributed by atoms with Crippen molar-refractivity contribution in [2.24, 2.45) is 5.92 Å². The number of ketones is 1. The first-order valence-corrected chi connectivity index (χ1v) is 12.3. The summed E-state index contributed by atoms with van der Waals surface area (Å²) in [4.78, 5) is 41.9. The molecule has 1 saturated heterocycles. The molecule has 2 amide bonds. The zero-order valence-corrected chi connectivity index (χ0v) is 19.3. The molecule has 1 aliphatic rings. The Morgan fingerprint density at radius 2 is 1.79 bits per heavy atom. The lowest BCUT2D eigenvalue weighted by atomic mass is 9.95. The van der Waals surface area contributed by atoms with Crippen LogP contribution >= 0.6 is 0 Å². The van der Waals surface area contributed by atoms with Gasteiger partial charge in [-0.05, 0) is 43.5 Å². The summed E-state index contributed by atoms with van der Waals surface area (Å²) < 4.78 is 27.2. The highest BCUT2D eigenvalue weighted by Crippen LogP contribution is 2.18. The van der Waals surface area contributed by atoms with Crippen LogP contribution in [0.15, 0.2) is 53.7 Å². The second-order valence-electron chi connectivity index (χ2n) is 7.96. The largest absolute Gasteiger partial charge is 0.352 e. The van der Waals surface area contributed by atoms with Gasteiger partial charge in [0.05, 0.1) is 4.90 Å². The molecule has 2 aromatic rings. The van der Waals surface area contributed by atoms with Crippen molar-refractivity contribution in [2.75, 3.05) is 19.6 Å². The van der Waals surface area contributed by atoms with Crippen LogP contribution in [0.25, 0.3) is 0 Å². The van der Waals surface area contributed by atoms with E-state index in [0.717, 1.165) is 5.56 Å². The highest BCUT2D eigenvalue weighted by molar-refractivity contribution is 7.89. The molecule has 0 saturated carbocycles. The molecular weight excluding hydrogens is 444 g/mol. The van der Waals surface area contributed by atoms with Gasteiger partial charge in [-0.2, -0.15) is 0 Å². The molecule has 0 spiro atoms. The fraction of sp³-hybridized carbons (Fsp3) is 0.391. The van der Waals surface area contributed by atoms with Crippen LogP contribution in [0, 0.1) is 5.92 Å². The molecule has 1 aromatic heterocycles. The fourth-order valence-electron chi connectivity index (χ4n) is 3.63. The Morgan fingerprint density at radius 3 is 2.39 bits per heavy atom. The third-order valence-electron chi connectivity index (χ3n) is 5.61. The minimum Gasteiger partial charge on any atom is -0.352 e. The van der Waals surface area contributed by atoms with Crippen LogP contribution in [0.1, 0.15) is 42.1 Å². The highest BCUT2D eigenvalue weighted by atomic mass is 32.2. The molecule has 176 valence electrons. The van der Waals surface area contributed by atoms with E-state index in [1.165, 1.54) is 31.2 Å². The number of pyridine rings is 1. The maximum absolute atomic E-state index is 12.5. The highest BCUT2D eigenvalue weighted by Gasteiger charge is 2.27. The van der Waals surface area contributed by atoms with Crippen LogP contribution in [-0.2, 0) is 26.2 Å². The van der Waals surface area contributed by atoms with Gasteiger partial charge in [0, 0.05) is 56.5 Å². The van der Waals surface area contributed by atoms with Gasteiger partial charge in [0.1, 0.15) is 0 Å². The average Bonchev–Trinajstić information content (AvgIpc) is 2.83. The lowest BCUT2D eigenvalue weighted by molar-refractivity contribution is -0.135. The topological polar surface area (TPSA) is 126 Å². The van der Waals surface area contributed by atoms with Crippen molar-refractivity contribution >= 4 is 27.6 Å². The summed E-state index contributed by atoms with van der Waals surface area (Å²) >= 11 is 0. The average molecular weight is 473 g/mol. The van der Waals surface area contributed by atoms with E-state index in [-0.39, 0.29) is 41.4 Å². The van der Waals surface area contributed by atoms with Crippen LogP contribution in [0.2, 0.25) is 0 Å². The zero-order valence-electron chi connectivity index (χ0n) is 18.5. The SMILES string of the molecule is CC(=O)c1ccc(S(=O)(=O)NCCC(=O)N2CCC(C(=O)NCc3cccnc3)CC2)cc1. The Balaban J connectivity index is 1.40. The van der Waals surface area contributed by atoms with Crippen LogP contribution in [0.3, 0.4) is 0 Å². The minimum absolute atomic E-state index is 0.0266. The van der Waals surface area contributed by atoms with E-state index in [1.807, 2.05) is 12.1 Å². The number of aromatic nitrogens is 1. The van der Waals surface area contributed by atoms with Gasteiger partial charge >= 0.3 is 0 Å². The number of likely N-dealkylation sites (tertiary alicyclic amines) is 1. The van der Waals surface area contributed by atoms with Gasteiger partial charge in [-0.25, -0.2) is 13.1 Å². The van der Waals surface area contributed by atoms with E-state index in [1.54, 1.807) is 17.3 Å².